The second-order valence-corrected chi connectivity index (χ2v) is 8.85. The average Bonchev–Trinajstić information content (AvgIpc) is 2.84. The van der Waals surface area contributed by atoms with Crippen LogP contribution >= 0.6 is 27.5 Å². The summed E-state index contributed by atoms with van der Waals surface area (Å²) in [6, 6.07) is 27.9. The SMILES string of the molecule is CC(c1ccc(C#N)cc1)N1CCN(c2ccc(Br)cc2C#N)CC1.Clc1ccccc1. The van der Waals surface area contributed by atoms with Gasteiger partial charge in [-0.1, -0.05) is 57.9 Å². The van der Waals surface area contributed by atoms with E-state index in [1.165, 1.54) is 5.56 Å². The van der Waals surface area contributed by atoms with E-state index < -0.39 is 0 Å². The molecule has 6 heteroatoms. The van der Waals surface area contributed by atoms with Gasteiger partial charge in [-0.3, -0.25) is 4.90 Å². The third-order valence-corrected chi connectivity index (χ3v) is 6.28. The first kappa shape index (κ1) is 23.8. The van der Waals surface area contributed by atoms with Crippen molar-refractivity contribution in [2.24, 2.45) is 0 Å². The van der Waals surface area contributed by atoms with Crippen LogP contribution in [0.25, 0.3) is 0 Å². The van der Waals surface area contributed by atoms with E-state index in [1.807, 2.05) is 72.8 Å². The molecule has 1 heterocycles. The van der Waals surface area contributed by atoms with Crippen LogP contribution in [0.3, 0.4) is 0 Å². The molecule has 0 aromatic heterocycles. The summed E-state index contributed by atoms with van der Waals surface area (Å²) in [6.45, 7) is 5.90. The van der Waals surface area contributed by atoms with Crippen molar-refractivity contribution >= 4 is 33.2 Å². The van der Waals surface area contributed by atoms with Gasteiger partial charge in [0.2, 0.25) is 0 Å². The number of nitrogens with zero attached hydrogens (tertiary/aromatic N) is 4. The molecule has 1 aliphatic rings. The Morgan fingerprint density at radius 3 is 2.06 bits per heavy atom. The van der Waals surface area contributed by atoms with Gasteiger partial charge in [-0.2, -0.15) is 10.5 Å². The lowest BCUT2D eigenvalue weighted by Gasteiger charge is -2.39. The molecular formula is C26H24BrClN4. The van der Waals surface area contributed by atoms with E-state index in [9.17, 15) is 5.26 Å². The fourth-order valence-corrected chi connectivity index (χ4v) is 4.19. The van der Waals surface area contributed by atoms with Crippen LogP contribution in [0, 0.1) is 22.7 Å². The van der Waals surface area contributed by atoms with Crippen molar-refractivity contribution in [2.45, 2.75) is 13.0 Å². The molecule has 1 saturated heterocycles. The van der Waals surface area contributed by atoms with E-state index in [4.69, 9.17) is 16.9 Å². The van der Waals surface area contributed by atoms with E-state index >= 15 is 0 Å². The number of rotatable bonds is 3. The van der Waals surface area contributed by atoms with Gasteiger partial charge < -0.3 is 4.90 Å². The molecule has 0 N–H and O–H groups in total. The zero-order valence-electron chi connectivity index (χ0n) is 17.9. The third kappa shape index (κ3) is 6.34. The summed E-state index contributed by atoms with van der Waals surface area (Å²) >= 11 is 8.97. The highest BCUT2D eigenvalue weighted by Crippen LogP contribution is 2.27. The molecule has 0 aliphatic carbocycles. The predicted molar refractivity (Wildman–Crippen MR) is 134 cm³/mol. The number of nitriles is 2. The van der Waals surface area contributed by atoms with E-state index in [-0.39, 0.29) is 0 Å². The van der Waals surface area contributed by atoms with Gasteiger partial charge in [-0.15, -0.1) is 0 Å². The molecule has 0 saturated carbocycles. The lowest BCUT2D eigenvalue weighted by molar-refractivity contribution is 0.198. The van der Waals surface area contributed by atoms with E-state index in [0.29, 0.717) is 17.2 Å². The Kier molecular flexibility index (Phi) is 8.71. The zero-order chi connectivity index (χ0) is 22.9. The van der Waals surface area contributed by atoms with Crippen molar-refractivity contribution in [2.75, 3.05) is 31.1 Å². The van der Waals surface area contributed by atoms with Crippen LogP contribution in [0.2, 0.25) is 5.02 Å². The maximum atomic E-state index is 9.37. The Hall–Kier alpha value is -2.83. The molecule has 3 aromatic carbocycles. The first-order valence-corrected chi connectivity index (χ1v) is 11.6. The highest BCUT2D eigenvalue weighted by molar-refractivity contribution is 9.10. The summed E-state index contributed by atoms with van der Waals surface area (Å²) in [5.74, 6) is 0. The van der Waals surface area contributed by atoms with Crippen molar-refractivity contribution in [3.8, 4) is 12.1 Å². The van der Waals surface area contributed by atoms with Crippen LogP contribution in [0.5, 0.6) is 0 Å². The first-order valence-electron chi connectivity index (χ1n) is 10.4. The maximum absolute atomic E-state index is 9.37. The normalized spacial score (nSPS) is 14.5. The van der Waals surface area contributed by atoms with E-state index in [1.54, 1.807) is 0 Å². The minimum Gasteiger partial charge on any atom is -0.368 e. The van der Waals surface area contributed by atoms with Gasteiger partial charge in [0, 0.05) is 41.7 Å². The van der Waals surface area contributed by atoms with Gasteiger partial charge in [-0.05, 0) is 55.0 Å². The van der Waals surface area contributed by atoms with Gasteiger partial charge in [0.25, 0.3) is 0 Å². The number of hydrogen-bond donors (Lipinski definition) is 0. The Labute approximate surface area is 203 Å². The summed E-state index contributed by atoms with van der Waals surface area (Å²) in [6.07, 6.45) is 0. The molecule has 4 nitrogen and oxygen atoms in total. The van der Waals surface area contributed by atoms with Crippen LogP contribution in [-0.4, -0.2) is 31.1 Å². The molecule has 1 atom stereocenters. The van der Waals surface area contributed by atoms with Gasteiger partial charge in [0.15, 0.2) is 0 Å². The number of halogens is 2. The molecule has 0 amide bonds. The minimum atomic E-state index is 0.315. The van der Waals surface area contributed by atoms with Crippen molar-refractivity contribution < 1.29 is 0 Å². The Morgan fingerprint density at radius 1 is 0.875 bits per heavy atom. The predicted octanol–water partition coefficient (Wildman–Crippen LogP) is 6.42. The molecule has 1 aliphatic heterocycles. The van der Waals surface area contributed by atoms with Crippen LogP contribution in [0.4, 0.5) is 5.69 Å². The molecule has 4 rings (SSSR count). The fraction of sp³-hybridized carbons (Fsp3) is 0.231. The monoisotopic (exact) mass is 506 g/mol. The van der Waals surface area contributed by atoms with Crippen molar-refractivity contribution in [3.63, 3.8) is 0 Å². The standard InChI is InChI=1S/C20H19BrN4.C6H5Cl/c1-15(17-4-2-16(13-22)3-5-17)24-8-10-25(11-9-24)20-7-6-19(21)12-18(20)14-23;7-6-4-2-1-3-5-6/h2-7,12,15H,8-11H2,1H3;1-5H. The lowest BCUT2D eigenvalue weighted by atomic mass is 10.0. The quantitative estimate of drug-likeness (QED) is 0.411. The zero-order valence-corrected chi connectivity index (χ0v) is 20.2. The molecule has 1 fully saturated rings. The highest BCUT2D eigenvalue weighted by atomic mass is 79.9. The number of benzene rings is 3. The summed E-state index contributed by atoms with van der Waals surface area (Å²) in [4.78, 5) is 4.73. The van der Waals surface area contributed by atoms with Crippen LogP contribution in [0.15, 0.2) is 77.3 Å². The molecule has 0 spiro atoms. The minimum absolute atomic E-state index is 0.315. The van der Waals surface area contributed by atoms with Gasteiger partial charge >= 0.3 is 0 Å². The Bertz CT molecular complexity index is 1100. The lowest BCUT2D eigenvalue weighted by Crippen LogP contribution is -2.47. The first-order chi connectivity index (χ1) is 15.5. The summed E-state index contributed by atoms with van der Waals surface area (Å²) in [7, 11) is 0. The van der Waals surface area contributed by atoms with E-state index in [0.717, 1.165) is 41.4 Å². The van der Waals surface area contributed by atoms with Crippen LogP contribution in [0.1, 0.15) is 29.7 Å². The highest BCUT2D eigenvalue weighted by Gasteiger charge is 2.23. The Balaban J connectivity index is 0.000000352. The number of anilines is 1. The summed E-state index contributed by atoms with van der Waals surface area (Å²) in [5.41, 5.74) is 3.65. The fourth-order valence-electron chi connectivity index (χ4n) is 3.69. The molecular weight excluding hydrogens is 484 g/mol. The molecule has 3 aromatic rings. The van der Waals surface area contributed by atoms with E-state index in [2.05, 4.69) is 44.8 Å². The largest absolute Gasteiger partial charge is 0.368 e. The molecule has 1 unspecified atom stereocenters. The van der Waals surface area contributed by atoms with Crippen molar-refractivity contribution in [3.05, 3.63) is 99.0 Å². The average molecular weight is 508 g/mol. The maximum Gasteiger partial charge on any atom is 0.101 e. The smallest absolute Gasteiger partial charge is 0.101 e. The second kappa shape index (κ2) is 11.7. The molecule has 0 bridgehead atoms. The van der Waals surface area contributed by atoms with Crippen LogP contribution < -0.4 is 4.90 Å². The summed E-state index contributed by atoms with van der Waals surface area (Å²) < 4.78 is 0.931. The number of piperazine rings is 1. The van der Waals surface area contributed by atoms with Crippen molar-refractivity contribution in [1.29, 1.82) is 10.5 Å². The number of hydrogen-bond acceptors (Lipinski definition) is 4. The summed E-state index contributed by atoms with van der Waals surface area (Å²) in [5, 5.41) is 19.1. The second-order valence-electron chi connectivity index (χ2n) is 7.50. The van der Waals surface area contributed by atoms with Crippen LogP contribution in [-0.2, 0) is 0 Å². The van der Waals surface area contributed by atoms with Gasteiger partial charge in [-0.25, -0.2) is 0 Å². The third-order valence-electron chi connectivity index (χ3n) is 5.54. The Morgan fingerprint density at radius 2 is 1.53 bits per heavy atom. The molecule has 0 radical (unpaired) electrons. The van der Waals surface area contributed by atoms with Gasteiger partial charge in [0.1, 0.15) is 6.07 Å². The molecule has 162 valence electrons. The van der Waals surface area contributed by atoms with Crippen molar-refractivity contribution in [1.82, 2.24) is 4.90 Å². The van der Waals surface area contributed by atoms with Gasteiger partial charge in [0.05, 0.1) is 22.9 Å². The molecule has 32 heavy (non-hydrogen) atoms. The topological polar surface area (TPSA) is 54.1 Å².